The van der Waals surface area contributed by atoms with Crippen molar-refractivity contribution in [1.82, 2.24) is 4.90 Å². The molecule has 2 aliphatic rings. The molecule has 4 nitrogen and oxygen atoms in total. The third-order valence-corrected chi connectivity index (χ3v) is 3.51. The molecule has 1 N–H and O–H groups in total. The van der Waals surface area contributed by atoms with Crippen LogP contribution >= 0.6 is 0 Å². The summed E-state index contributed by atoms with van der Waals surface area (Å²) in [6.07, 6.45) is -6.25. The Labute approximate surface area is 104 Å². The van der Waals surface area contributed by atoms with E-state index in [1.165, 1.54) is 0 Å². The van der Waals surface area contributed by atoms with Crippen LogP contribution in [0.15, 0.2) is 0 Å². The molecule has 1 atom stereocenters. The molecule has 2 heterocycles. The van der Waals surface area contributed by atoms with Gasteiger partial charge in [-0.15, -0.1) is 0 Å². The lowest BCUT2D eigenvalue weighted by Gasteiger charge is -2.35. The van der Waals surface area contributed by atoms with Crippen LogP contribution in [0.5, 0.6) is 0 Å². The second kappa shape index (κ2) is 5.73. The molecule has 18 heavy (non-hydrogen) atoms. The van der Waals surface area contributed by atoms with Gasteiger partial charge in [0.25, 0.3) is 0 Å². The van der Waals surface area contributed by atoms with Crippen molar-refractivity contribution in [2.45, 2.75) is 31.4 Å². The Morgan fingerprint density at radius 1 is 1.17 bits per heavy atom. The molecule has 0 saturated carbocycles. The summed E-state index contributed by atoms with van der Waals surface area (Å²) >= 11 is 0. The standard InChI is InChI=1S/C11H18F3NO3/c12-11(13,14)10(16)8-1-3-15(4-2-8)7-9-17-5-6-18-9/h8-10,16H,1-7H2. The summed E-state index contributed by atoms with van der Waals surface area (Å²) in [6, 6.07) is 0. The number of alkyl halides is 3. The predicted molar refractivity (Wildman–Crippen MR) is 56.9 cm³/mol. The topological polar surface area (TPSA) is 41.9 Å². The Kier molecular flexibility index (Phi) is 4.47. The minimum atomic E-state index is -4.51. The lowest BCUT2D eigenvalue weighted by Crippen LogP contribution is -2.45. The second-order valence-corrected chi connectivity index (χ2v) is 4.80. The summed E-state index contributed by atoms with van der Waals surface area (Å²) in [5.74, 6) is -0.688. The monoisotopic (exact) mass is 269 g/mol. The normalized spacial score (nSPS) is 26.7. The molecular formula is C11H18F3NO3. The highest BCUT2D eigenvalue weighted by Gasteiger charge is 2.44. The number of piperidine rings is 1. The van der Waals surface area contributed by atoms with E-state index in [0.717, 1.165) is 0 Å². The minimum Gasteiger partial charge on any atom is -0.383 e. The maximum Gasteiger partial charge on any atom is 0.414 e. The number of likely N-dealkylation sites (tertiary alicyclic amines) is 1. The van der Waals surface area contributed by atoms with Crippen LogP contribution < -0.4 is 0 Å². The summed E-state index contributed by atoms with van der Waals surface area (Å²) in [5, 5.41) is 9.19. The van der Waals surface area contributed by atoms with E-state index in [0.29, 0.717) is 45.7 Å². The highest BCUT2D eigenvalue weighted by Crippen LogP contribution is 2.31. The van der Waals surface area contributed by atoms with Crippen LogP contribution in [0.3, 0.4) is 0 Å². The first-order chi connectivity index (χ1) is 8.47. The van der Waals surface area contributed by atoms with Crippen LogP contribution in [0.1, 0.15) is 12.8 Å². The zero-order chi connectivity index (χ0) is 13.2. The predicted octanol–water partition coefficient (Wildman–Crippen LogP) is 0.994. The molecule has 0 aliphatic carbocycles. The molecule has 0 aromatic carbocycles. The zero-order valence-corrected chi connectivity index (χ0v) is 10.0. The molecule has 0 aromatic heterocycles. The van der Waals surface area contributed by atoms with Crippen LogP contribution in [-0.4, -0.2) is 61.4 Å². The van der Waals surface area contributed by atoms with Crippen molar-refractivity contribution in [3.05, 3.63) is 0 Å². The molecular weight excluding hydrogens is 251 g/mol. The molecule has 0 amide bonds. The van der Waals surface area contributed by atoms with Crippen LogP contribution in [-0.2, 0) is 9.47 Å². The summed E-state index contributed by atoms with van der Waals surface area (Å²) < 4.78 is 47.6. The average Bonchev–Trinajstić information content (AvgIpc) is 2.81. The number of aliphatic hydroxyl groups excluding tert-OH is 1. The van der Waals surface area contributed by atoms with Gasteiger partial charge < -0.3 is 14.6 Å². The van der Waals surface area contributed by atoms with Crippen molar-refractivity contribution in [3.8, 4) is 0 Å². The van der Waals surface area contributed by atoms with Crippen molar-refractivity contribution in [2.24, 2.45) is 5.92 Å². The third-order valence-electron chi connectivity index (χ3n) is 3.51. The van der Waals surface area contributed by atoms with Crippen LogP contribution in [0.4, 0.5) is 13.2 Å². The van der Waals surface area contributed by atoms with Gasteiger partial charge in [-0.3, -0.25) is 4.90 Å². The van der Waals surface area contributed by atoms with Gasteiger partial charge >= 0.3 is 6.18 Å². The summed E-state index contributed by atoms with van der Waals surface area (Å²) in [5.41, 5.74) is 0. The number of aliphatic hydroxyl groups is 1. The molecule has 2 saturated heterocycles. The van der Waals surface area contributed by atoms with Crippen molar-refractivity contribution in [3.63, 3.8) is 0 Å². The molecule has 0 aromatic rings. The van der Waals surface area contributed by atoms with E-state index in [2.05, 4.69) is 0 Å². The van der Waals surface area contributed by atoms with Gasteiger partial charge in [-0.05, 0) is 31.8 Å². The second-order valence-electron chi connectivity index (χ2n) is 4.80. The number of hydrogen-bond acceptors (Lipinski definition) is 4. The fourth-order valence-corrected chi connectivity index (χ4v) is 2.44. The van der Waals surface area contributed by atoms with Gasteiger partial charge in [0.05, 0.1) is 13.2 Å². The van der Waals surface area contributed by atoms with E-state index in [-0.39, 0.29) is 6.29 Å². The fraction of sp³-hybridized carbons (Fsp3) is 1.00. The smallest absolute Gasteiger partial charge is 0.383 e. The number of rotatable bonds is 3. The van der Waals surface area contributed by atoms with Crippen LogP contribution in [0.25, 0.3) is 0 Å². The molecule has 0 bridgehead atoms. The highest BCUT2D eigenvalue weighted by atomic mass is 19.4. The Balaban J connectivity index is 1.74. The van der Waals surface area contributed by atoms with Gasteiger partial charge in [0.1, 0.15) is 0 Å². The number of nitrogens with zero attached hydrogens (tertiary/aromatic N) is 1. The zero-order valence-electron chi connectivity index (χ0n) is 10.0. The van der Waals surface area contributed by atoms with Gasteiger partial charge in [0.2, 0.25) is 0 Å². The van der Waals surface area contributed by atoms with Crippen molar-refractivity contribution in [1.29, 1.82) is 0 Å². The quantitative estimate of drug-likeness (QED) is 0.830. The van der Waals surface area contributed by atoms with Crippen LogP contribution in [0, 0.1) is 5.92 Å². The third kappa shape index (κ3) is 3.57. The summed E-state index contributed by atoms with van der Waals surface area (Å²) in [7, 11) is 0. The van der Waals surface area contributed by atoms with Gasteiger partial charge in [0.15, 0.2) is 12.4 Å². The summed E-state index contributed by atoms with van der Waals surface area (Å²) in [6.45, 7) is 2.83. The lowest BCUT2D eigenvalue weighted by molar-refractivity contribution is -0.223. The van der Waals surface area contributed by atoms with Gasteiger partial charge in [-0.1, -0.05) is 0 Å². The molecule has 7 heteroatoms. The van der Waals surface area contributed by atoms with E-state index >= 15 is 0 Å². The Bertz CT molecular complexity index is 261. The maximum absolute atomic E-state index is 12.4. The molecule has 106 valence electrons. The van der Waals surface area contributed by atoms with Gasteiger partial charge in [-0.25, -0.2) is 0 Å². The highest BCUT2D eigenvalue weighted by molar-refractivity contribution is 4.81. The lowest BCUT2D eigenvalue weighted by atomic mass is 9.91. The summed E-state index contributed by atoms with van der Waals surface area (Å²) in [4.78, 5) is 2.02. The number of ether oxygens (including phenoxy) is 2. The minimum absolute atomic E-state index is 0.255. The first kappa shape index (κ1) is 14.0. The van der Waals surface area contributed by atoms with Crippen LogP contribution in [0.2, 0.25) is 0 Å². The van der Waals surface area contributed by atoms with E-state index in [1.807, 2.05) is 4.90 Å². The largest absolute Gasteiger partial charge is 0.414 e. The molecule has 1 unspecified atom stereocenters. The molecule has 2 rings (SSSR count). The maximum atomic E-state index is 12.4. The van der Waals surface area contributed by atoms with E-state index in [9.17, 15) is 18.3 Å². The Hall–Kier alpha value is -0.370. The average molecular weight is 269 g/mol. The van der Waals surface area contributed by atoms with Gasteiger partial charge in [-0.2, -0.15) is 13.2 Å². The number of hydrogen-bond donors (Lipinski definition) is 1. The van der Waals surface area contributed by atoms with E-state index < -0.39 is 18.2 Å². The first-order valence-electron chi connectivity index (χ1n) is 6.17. The molecule has 0 spiro atoms. The Morgan fingerprint density at radius 3 is 2.22 bits per heavy atom. The Morgan fingerprint density at radius 2 is 1.72 bits per heavy atom. The molecule has 2 fully saturated rings. The van der Waals surface area contributed by atoms with E-state index in [4.69, 9.17) is 9.47 Å². The SMILES string of the molecule is OC(C1CCN(CC2OCCO2)CC1)C(F)(F)F. The van der Waals surface area contributed by atoms with Crippen molar-refractivity contribution in [2.75, 3.05) is 32.8 Å². The van der Waals surface area contributed by atoms with Crippen molar-refractivity contribution < 1.29 is 27.8 Å². The molecule has 0 radical (unpaired) electrons. The fourth-order valence-electron chi connectivity index (χ4n) is 2.44. The number of halogens is 3. The molecule has 2 aliphatic heterocycles. The first-order valence-corrected chi connectivity index (χ1v) is 6.17. The van der Waals surface area contributed by atoms with Crippen molar-refractivity contribution >= 4 is 0 Å². The van der Waals surface area contributed by atoms with E-state index in [1.54, 1.807) is 0 Å². The van der Waals surface area contributed by atoms with Gasteiger partial charge in [0, 0.05) is 6.54 Å².